The minimum absolute atomic E-state index is 0.249. The molecule has 2 aromatic rings. The van der Waals surface area contributed by atoms with Crippen LogP contribution in [-0.4, -0.2) is 27.9 Å². The van der Waals surface area contributed by atoms with Gasteiger partial charge in [0.25, 0.3) is 0 Å². The summed E-state index contributed by atoms with van der Waals surface area (Å²) in [5.41, 5.74) is 7.33. The van der Waals surface area contributed by atoms with E-state index in [2.05, 4.69) is 9.98 Å². The monoisotopic (exact) mass is 274 g/mol. The molecule has 0 saturated heterocycles. The number of nitrogen functional groups attached to an aromatic ring is 1. The van der Waals surface area contributed by atoms with E-state index in [1.165, 1.54) is 12.1 Å². The Balaban J connectivity index is 1.68. The van der Waals surface area contributed by atoms with E-state index in [0.717, 1.165) is 5.56 Å². The van der Waals surface area contributed by atoms with E-state index in [0.29, 0.717) is 30.2 Å². The van der Waals surface area contributed by atoms with Crippen molar-refractivity contribution < 1.29 is 9.50 Å². The van der Waals surface area contributed by atoms with Crippen LogP contribution in [-0.2, 0) is 6.42 Å². The van der Waals surface area contributed by atoms with Gasteiger partial charge in [-0.1, -0.05) is 12.1 Å². The molecule has 1 atom stereocenters. The van der Waals surface area contributed by atoms with Crippen LogP contribution >= 0.6 is 0 Å². The minimum atomic E-state index is -0.767. The molecule has 0 spiro atoms. The van der Waals surface area contributed by atoms with Crippen LogP contribution in [0.25, 0.3) is 0 Å². The molecule has 1 aromatic heterocycles. The van der Waals surface area contributed by atoms with Crippen LogP contribution in [0.15, 0.2) is 35.3 Å². The molecule has 6 heteroatoms. The SMILES string of the molecule is Nc1cc2c([nH]1)N=CN(CCc1ccc(F)cc1)C2O. The third-order valence-electron chi connectivity index (χ3n) is 3.35. The first kappa shape index (κ1) is 12.7. The van der Waals surface area contributed by atoms with Gasteiger partial charge in [-0.05, 0) is 30.2 Å². The predicted octanol–water partition coefficient (Wildman–Crippen LogP) is 1.94. The number of hydrogen-bond donors (Lipinski definition) is 3. The van der Waals surface area contributed by atoms with Crippen LogP contribution in [0.5, 0.6) is 0 Å². The summed E-state index contributed by atoms with van der Waals surface area (Å²) in [6, 6.07) is 8.02. The number of benzene rings is 1. The zero-order valence-electron chi connectivity index (χ0n) is 10.8. The molecule has 0 bridgehead atoms. The van der Waals surface area contributed by atoms with Gasteiger partial charge >= 0.3 is 0 Å². The molecule has 0 saturated carbocycles. The average molecular weight is 274 g/mol. The smallest absolute Gasteiger partial charge is 0.157 e. The Morgan fingerprint density at radius 3 is 2.85 bits per heavy atom. The molecule has 0 aliphatic carbocycles. The number of aromatic nitrogens is 1. The molecule has 0 radical (unpaired) electrons. The minimum Gasteiger partial charge on any atom is -0.385 e. The fraction of sp³-hybridized carbons (Fsp3) is 0.214. The second-order valence-corrected chi connectivity index (χ2v) is 4.76. The lowest BCUT2D eigenvalue weighted by Gasteiger charge is -2.28. The zero-order chi connectivity index (χ0) is 14.1. The summed E-state index contributed by atoms with van der Waals surface area (Å²) in [6.45, 7) is 0.584. The number of hydrogen-bond acceptors (Lipinski definition) is 4. The van der Waals surface area contributed by atoms with E-state index >= 15 is 0 Å². The van der Waals surface area contributed by atoms with Crippen LogP contribution in [0.3, 0.4) is 0 Å². The van der Waals surface area contributed by atoms with E-state index in [1.54, 1.807) is 29.4 Å². The van der Waals surface area contributed by atoms with Crippen molar-refractivity contribution in [2.45, 2.75) is 12.6 Å². The van der Waals surface area contributed by atoms with E-state index < -0.39 is 6.23 Å². The molecule has 1 aromatic carbocycles. The molecule has 20 heavy (non-hydrogen) atoms. The van der Waals surface area contributed by atoms with Gasteiger partial charge < -0.3 is 20.7 Å². The van der Waals surface area contributed by atoms with Crippen molar-refractivity contribution in [3.8, 4) is 0 Å². The van der Waals surface area contributed by atoms with Crippen molar-refractivity contribution in [1.29, 1.82) is 0 Å². The Kier molecular flexibility index (Phi) is 3.15. The Bertz CT molecular complexity index is 635. The molecule has 0 fully saturated rings. The highest BCUT2D eigenvalue weighted by Crippen LogP contribution is 2.32. The molecule has 5 nitrogen and oxygen atoms in total. The van der Waals surface area contributed by atoms with Crippen molar-refractivity contribution in [2.75, 3.05) is 12.3 Å². The summed E-state index contributed by atoms with van der Waals surface area (Å²) in [7, 11) is 0. The molecule has 4 N–H and O–H groups in total. The van der Waals surface area contributed by atoms with Crippen molar-refractivity contribution in [3.63, 3.8) is 0 Å². The van der Waals surface area contributed by atoms with Gasteiger partial charge in [0.1, 0.15) is 17.5 Å². The Morgan fingerprint density at radius 2 is 2.10 bits per heavy atom. The zero-order valence-corrected chi connectivity index (χ0v) is 10.8. The highest BCUT2D eigenvalue weighted by molar-refractivity contribution is 5.68. The van der Waals surface area contributed by atoms with Crippen molar-refractivity contribution in [2.24, 2.45) is 4.99 Å². The average Bonchev–Trinajstić information content (AvgIpc) is 2.81. The van der Waals surface area contributed by atoms with Gasteiger partial charge in [0.2, 0.25) is 0 Å². The molecule has 1 unspecified atom stereocenters. The van der Waals surface area contributed by atoms with Gasteiger partial charge in [0, 0.05) is 12.1 Å². The maximum absolute atomic E-state index is 12.8. The van der Waals surface area contributed by atoms with Crippen molar-refractivity contribution in [1.82, 2.24) is 9.88 Å². The fourth-order valence-corrected chi connectivity index (χ4v) is 2.25. The number of nitrogens with two attached hydrogens (primary N) is 1. The number of aliphatic imine (C=N–C) groups is 1. The largest absolute Gasteiger partial charge is 0.385 e. The number of aliphatic hydroxyl groups excluding tert-OH is 1. The third kappa shape index (κ3) is 2.37. The first-order chi connectivity index (χ1) is 9.63. The van der Waals surface area contributed by atoms with Gasteiger partial charge in [0.05, 0.1) is 6.34 Å². The molecular formula is C14H15FN4O. The first-order valence-corrected chi connectivity index (χ1v) is 6.34. The summed E-state index contributed by atoms with van der Waals surface area (Å²) >= 11 is 0. The first-order valence-electron chi connectivity index (χ1n) is 6.34. The van der Waals surface area contributed by atoms with Crippen LogP contribution in [0.1, 0.15) is 17.4 Å². The maximum Gasteiger partial charge on any atom is 0.157 e. The molecule has 104 valence electrons. The Morgan fingerprint density at radius 1 is 1.35 bits per heavy atom. The quantitative estimate of drug-likeness (QED) is 0.800. The second kappa shape index (κ2) is 4.97. The summed E-state index contributed by atoms with van der Waals surface area (Å²) in [5, 5.41) is 10.3. The standard InChI is InChI=1S/C14H15FN4O/c15-10-3-1-9(2-4-10)5-6-19-8-17-13-11(14(19)20)7-12(16)18-13/h1-4,7-8,14,18,20H,5-6,16H2. The van der Waals surface area contributed by atoms with E-state index in [4.69, 9.17) is 5.73 Å². The van der Waals surface area contributed by atoms with Gasteiger partial charge in [-0.25, -0.2) is 9.38 Å². The van der Waals surface area contributed by atoms with Gasteiger partial charge in [0.15, 0.2) is 6.23 Å². The fourth-order valence-electron chi connectivity index (χ4n) is 2.25. The second-order valence-electron chi connectivity index (χ2n) is 4.76. The van der Waals surface area contributed by atoms with E-state index in [1.807, 2.05) is 0 Å². The number of rotatable bonds is 3. The van der Waals surface area contributed by atoms with Crippen molar-refractivity contribution >= 4 is 18.0 Å². The number of halogens is 1. The van der Waals surface area contributed by atoms with Gasteiger partial charge in [-0.3, -0.25) is 0 Å². The lowest BCUT2D eigenvalue weighted by Crippen LogP contribution is -2.31. The van der Waals surface area contributed by atoms with Crippen LogP contribution in [0.4, 0.5) is 16.0 Å². The Hall–Kier alpha value is -2.34. The number of fused-ring (bicyclic) bond motifs is 1. The number of aliphatic hydroxyl groups is 1. The third-order valence-corrected chi connectivity index (χ3v) is 3.35. The van der Waals surface area contributed by atoms with Crippen LogP contribution in [0, 0.1) is 5.82 Å². The normalized spacial score (nSPS) is 17.3. The molecule has 0 amide bonds. The lowest BCUT2D eigenvalue weighted by atomic mass is 10.1. The van der Waals surface area contributed by atoms with Gasteiger partial charge in [-0.2, -0.15) is 0 Å². The van der Waals surface area contributed by atoms with E-state index in [-0.39, 0.29) is 5.82 Å². The number of H-pyrrole nitrogens is 1. The summed E-state index contributed by atoms with van der Waals surface area (Å²) in [6.07, 6.45) is 1.52. The predicted molar refractivity (Wildman–Crippen MR) is 75.1 cm³/mol. The topological polar surface area (TPSA) is 77.6 Å². The summed E-state index contributed by atoms with van der Waals surface area (Å²) < 4.78 is 12.8. The number of aromatic amines is 1. The highest BCUT2D eigenvalue weighted by Gasteiger charge is 2.23. The van der Waals surface area contributed by atoms with Crippen LogP contribution < -0.4 is 5.73 Å². The Labute approximate surface area is 115 Å². The maximum atomic E-state index is 12.8. The summed E-state index contributed by atoms with van der Waals surface area (Å²) in [4.78, 5) is 8.82. The number of nitrogens with one attached hydrogen (secondary N) is 1. The van der Waals surface area contributed by atoms with Crippen molar-refractivity contribution in [3.05, 3.63) is 47.3 Å². The summed E-state index contributed by atoms with van der Waals surface area (Å²) in [5.74, 6) is 0.820. The van der Waals surface area contributed by atoms with E-state index in [9.17, 15) is 9.50 Å². The molecular weight excluding hydrogens is 259 g/mol. The molecule has 2 heterocycles. The molecule has 3 rings (SSSR count). The number of nitrogens with zero attached hydrogens (tertiary/aromatic N) is 2. The number of anilines is 1. The highest BCUT2D eigenvalue weighted by atomic mass is 19.1. The lowest BCUT2D eigenvalue weighted by molar-refractivity contribution is 0.0552. The van der Waals surface area contributed by atoms with Crippen LogP contribution in [0.2, 0.25) is 0 Å². The van der Waals surface area contributed by atoms with Gasteiger partial charge in [-0.15, -0.1) is 0 Å². The molecule has 1 aliphatic rings. The molecule has 1 aliphatic heterocycles.